The molecule has 0 aliphatic carbocycles. The fourth-order valence-electron chi connectivity index (χ4n) is 10.4. The predicted molar refractivity (Wildman–Crippen MR) is 338 cm³/mol. The van der Waals surface area contributed by atoms with E-state index in [9.17, 15) is 0 Å². The van der Waals surface area contributed by atoms with Crippen LogP contribution in [0, 0.1) is 0 Å². The molecule has 418 valence electrons. The van der Waals surface area contributed by atoms with Crippen molar-refractivity contribution in [2.75, 3.05) is 84.6 Å². The van der Waals surface area contributed by atoms with E-state index in [1.54, 1.807) is 0 Å². The molecule has 2 aliphatic rings. The van der Waals surface area contributed by atoms with Crippen LogP contribution in [0.25, 0.3) is 89.7 Å². The molecule has 0 saturated carbocycles. The van der Waals surface area contributed by atoms with Gasteiger partial charge in [-0.05, 0) is 83.6 Å². The molecular weight excluding hydrogens is 1110 g/mol. The molecule has 0 spiro atoms. The minimum absolute atomic E-state index is 0. The monoisotopic (exact) mass is 1180 g/mol. The summed E-state index contributed by atoms with van der Waals surface area (Å²) in [5, 5.41) is 2.59. The van der Waals surface area contributed by atoms with Crippen LogP contribution in [-0.2, 0) is 19.5 Å². The van der Waals surface area contributed by atoms with Gasteiger partial charge in [0.1, 0.15) is 68.7 Å². The first-order valence-corrected chi connectivity index (χ1v) is 27.7. The molecule has 0 atom stereocenters. The van der Waals surface area contributed by atoms with Gasteiger partial charge in [0.25, 0.3) is 0 Å². The number of quaternary nitrogens is 4. The SMILES string of the molecule is C[N+](C)(C)c1cccc(Oc2cccc3c2-c2nc-3nc3[n-]c(nc4nc(nc5[n-]c(n2)c2cccc(Oc6cccc([N+](C)(C)C)c6)c52)-c2c(Oc5cccc([N+](C)(C)C)c5)cccc2-4)c2cccc(Oc4cccc([N+](C)(C)C)c4)c32)c1.[Zn+2]. The van der Waals surface area contributed by atoms with Crippen LogP contribution in [-0.4, -0.2) is 114 Å². The quantitative estimate of drug-likeness (QED) is 0.0849. The van der Waals surface area contributed by atoms with Gasteiger partial charge in [0.2, 0.25) is 0 Å². The summed E-state index contributed by atoms with van der Waals surface area (Å²) in [6.07, 6.45) is 0. The van der Waals surface area contributed by atoms with Gasteiger partial charge in [0, 0.05) is 68.8 Å². The second-order valence-electron chi connectivity index (χ2n) is 24.6. The number of ether oxygens (including phenoxy) is 4. The van der Waals surface area contributed by atoms with E-state index >= 15 is 0 Å². The summed E-state index contributed by atoms with van der Waals surface area (Å²) in [5.41, 5.74) is 8.20. The predicted octanol–water partition coefficient (Wildman–Crippen LogP) is 14.1. The molecule has 11 aromatic rings. The second kappa shape index (κ2) is 21.1. The standard InChI is InChI=1S/C68H64N12O4.Zn/c1-77(2,3)41-21-13-25-45(37-41)81-53-33-17-29-49-57(53)65-70-61(49)69-62-50-30-18-35-55(83-47-27-15-23-43(39-47)79(7,8)9)59(50)67(71-62)76-68-60-52(32-20-36-56(60)84-48-28-16-24-44(40-48)80(10,11)12)64(75-68)74-66-58-51(63(72-65)73-66)31-19-34-54(58)82-46-26-14-22-42(38-46)78(4,5)6;/h13-40H,1-12H3;/q2*+2. The third-order valence-corrected chi connectivity index (χ3v) is 14.9. The van der Waals surface area contributed by atoms with E-state index in [0.29, 0.717) is 154 Å². The van der Waals surface area contributed by atoms with Crippen molar-refractivity contribution in [1.82, 2.24) is 57.8 Å². The minimum atomic E-state index is 0. The van der Waals surface area contributed by atoms with Crippen molar-refractivity contribution < 1.29 is 38.4 Å². The molecule has 2 aliphatic heterocycles. The van der Waals surface area contributed by atoms with E-state index in [1.165, 1.54) is 0 Å². The summed E-state index contributed by atoms with van der Waals surface area (Å²) in [4.78, 5) is 42.8. The summed E-state index contributed by atoms with van der Waals surface area (Å²) < 4.78 is 29.9. The first kappa shape index (κ1) is 56.3. The molecule has 16 nitrogen and oxygen atoms in total. The van der Waals surface area contributed by atoms with E-state index in [-0.39, 0.29) is 19.5 Å². The number of aromatic nitrogens is 8. The molecule has 5 heterocycles. The maximum absolute atomic E-state index is 6.90. The molecular formula is C68H64N12O4Zn+4. The van der Waals surface area contributed by atoms with Crippen LogP contribution in [0.3, 0.4) is 0 Å². The Hall–Kier alpha value is -9.22. The maximum atomic E-state index is 6.90. The van der Waals surface area contributed by atoms with Crippen molar-refractivity contribution >= 4 is 66.9 Å². The molecule has 0 fully saturated rings. The molecule has 17 heteroatoms. The Bertz CT molecular complexity index is 4640. The number of hydrogen-bond acceptors (Lipinski definition) is 10. The number of benzene rings is 8. The van der Waals surface area contributed by atoms with Gasteiger partial charge in [-0.25, -0.2) is 9.97 Å². The number of rotatable bonds is 12. The van der Waals surface area contributed by atoms with E-state index in [2.05, 4.69) is 109 Å². The molecule has 0 saturated heterocycles. The van der Waals surface area contributed by atoms with Crippen LogP contribution in [0.2, 0.25) is 0 Å². The zero-order valence-corrected chi connectivity index (χ0v) is 52.8. The smallest absolute Gasteiger partial charge is 0.456 e. The average molecular weight is 1180 g/mol. The van der Waals surface area contributed by atoms with Crippen molar-refractivity contribution in [3.63, 3.8) is 0 Å². The van der Waals surface area contributed by atoms with Gasteiger partial charge in [-0.1, -0.05) is 72.8 Å². The topological polar surface area (TPSA) is 142 Å². The molecule has 8 aromatic carbocycles. The molecule has 0 N–H and O–H groups in total. The third-order valence-electron chi connectivity index (χ3n) is 14.9. The Morgan fingerprint density at radius 1 is 0.294 bits per heavy atom. The van der Waals surface area contributed by atoms with Crippen LogP contribution < -0.4 is 46.8 Å². The fourth-order valence-corrected chi connectivity index (χ4v) is 10.4. The van der Waals surface area contributed by atoms with Gasteiger partial charge < -0.3 is 48.9 Å². The van der Waals surface area contributed by atoms with Crippen molar-refractivity contribution in [3.05, 3.63) is 170 Å². The first-order chi connectivity index (χ1) is 40.1. The molecule has 0 unspecified atom stereocenters. The van der Waals surface area contributed by atoms with E-state index < -0.39 is 0 Å². The fraction of sp³-hybridized carbons (Fsp3) is 0.176. The van der Waals surface area contributed by atoms with Crippen LogP contribution in [0.4, 0.5) is 22.7 Å². The third kappa shape index (κ3) is 10.9. The van der Waals surface area contributed by atoms with E-state index in [1.807, 2.05) is 146 Å². The molecule has 8 bridgehead atoms. The molecule has 13 rings (SSSR count). The Morgan fingerprint density at radius 3 is 0.929 bits per heavy atom. The Kier molecular flexibility index (Phi) is 14.0. The van der Waals surface area contributed by atoms with Crippen molar-refractivity contribution in [3.8, 4) is 91.5 Å². The summed E-state index contributed by atoms with van der Waals surface area (Å²) in [5.74, 6) is 6.04. The average Bonchev–Trinajstić information content (AvgIpc) is 1.77. The minimum Gasteiger partial charge on any atom is -0.456 e. The van der Waals surface area contributed by atoms with Crippen LogP contribution in [0.1, 0.15) is 0 Å². The zero-order chi connectivity index (χ0) is 58.5. The van der Waals surface area contributed by atoms with Gasteiger partial charge >= 0.3 is 19.5 Å². The Labute approximate surface area is 506 Å². The van der Waals surface area contributed by atoms with Crippen LogP contribution in [0.5, 0.6) is 46.0 Å². The summed E-state index contributed by atoms with van der Waals surface area (Å²) in [6, 6.07) is 55.7. The summed E-state index contributed by atoms with van der Waals surface area (Å²) >= 11 is 0. The molecule has 0 amide bonds. The second-order valence-corrected chi connectivity index (χ2v) is 24.6. The zero-order valence-electron chi connectivity index (χ0n) is 49.9. The van der Waals surface area contributed by atoms with E-state index in [0.717, 1.165) is 22.7 Å². The van der Waals surface area contributed by atoms with Gasteiger partial charge in [0.15, 0.2) is 0 Å². The van der Waals surface area contributed by atoms with Crippen LogP contribution >= 0.6 is 0 Å². The van der Waals surface area contributed by atoms with Gasteiger partial charge in [0.05, 0.1) is 119 Å². The summed E-state index contributed by atoms with van der Waals surface area (Å²) in [7, 11) is 25.5. The number of nitrogens with zero attached hydrogens (tertiary/aromatic N) is 12. The number of fused-ring (bicyclic) bond motifs is 20. The van der Waals surface area contributed by atoms with Gasteiger partial charge in [-0.15, -0.1) is 0 Å². The van der Waals surface area contributed by atoms with Crippen LogP contribution in [0.15, 0.2) is 170 Å². The Morgan fingerprint density at radius 2 is 0.576 bits per heavy atom. The largest absolute Gasteiger partial charge is 2.00 e. The normalized spacial score (nSPS) is 12.4. The number of hydrogen-bond donors (Lipinski definition) is 0. The van der Waals surface area contributed by atoms with Crippen molar-refractivity contribution in [2.24, 2.45) is 0 Å². The van der Waals surface area contributed by atoms with E-state index in [4.69, 9.17) is 58.8 Å². The van der Waals surface area contributed by atoms with Gasteiger partial charge in [-0.2, -0.15) is 0 Å². The summed E-state index contributed by atoms with van der Waals surface area (Å²) in [6.45, 7) is 0. The van der Waals surface area contributed by atoms with Gasteiger partial charge in [-0.3, -0.25) is 17.9 Å². The maximum Gasteiger partial charge on any atom is 2.00 e. The first-order valence-electron chi connectivity index (χ1n) is 27.7. The van der Waals surface area contributed by atoms with Crippen molar-refractivity contribution in [1.29, 1.82) is 0 Å². The van der Waals surface area contributed by atoms with Crippen molar-refractivity contribution in [2.45, 2.75) is 0 Å². The molecule has 3 aromatic heterocycles. The molecule has 85 heavy (non-hydrogen) atoms. The Balaban J connectivity index is 0.00000709. The molecule has 0 radical (unpaired) electrons.